The molecule has 0 aliphatic heterocycles. The van der Waals surface area contributed by atoms with Gasteiger partial charge in [-0.15, -0.1) is 0 Å². The molecule has 4 N–H and O–H groups in total. The van der Waals surface area contributed by atoms with Crippen LogP contribution in [0.4, 0.5) is 20.4 Å². The fourth-order valence-electron chi connectivity index (χ4n) is 6.55. The van der Waals surface area contributed by atoms with Crippen molar-refractivity contribution in [3.63, 3.8) is 0 Å². The van der Waals surface area contributed by atoms with E-state index in [0.717, 1.165) is 60.9 Å². The minimum absolute atomic E-state index is 0.0705. The molecule has 2 fully saturated rings. The summed E-state index contributed by atoms with van der Waals surface area (Å²) in [5.41, 5.74) is 2.76. The highest BCUT2D eigenvalue weighted by Crippen LogP contribution is 2.30. The van der Waals surface area contributed by atoms with E-state index < -0.39 is 12.3 Å². The largest absolute Gasteiger partial charge is 0.375 e. The van der Waals surface area contributed by atoms with Crippen molar-refractivity contribution in [3.05, 3.63) is 96.8 Å². The molecule has 2 aliphatic rings. The average molecular weight is 683 g/mol. The van der Waals surface area contributed by atoms with E-state index in [1.165, 1.54) is 12.7 Å². The zero-order valence-electron chi connectivity index (χ0n) is 27.5. The second kappa shape index (κ2) is 16.1. The Hall–Kier alpha value is -5.08. The van der Waals surface area contributed by atoms with Crippen LogP contribution < -0.4 is 10.6 Å². The smallest absolute Gasteiger partial charge is 0.160 e. The Labute approximate surface area is 287 Å². The van der Waals surface area contributed by atoms with Crippen LogP contribution in [0, 0.1) is 0 Å². The Balaban J connectivity index is 0.000000157. The van der Waals surface area contributed by atoms with E-state index in [9.17, 15) is 8.78 Å². The Morgan fingerprint density at radius 1 is 0.620 bits per heavy atom. The van der Waals surface area contributed by atoms with E-state index in [1.807, 2.05) is 36.4 Å². The number of fused-ring (bicyclic) bond motifs is 2. The van der Waals surface area contributed by atoms with Gasteiger partial charge in [0.15, 0.2) is 11.3 Å². The molecule has 6 atom stereocenters. The van der Waals surface area contributed by atoms with Crippen LogP contribution >= 0.6 is 0 Å². The van der Waals surface area contributed by atoms with Crippen LogP contribution in [-0.4, -0.2) is 77.8 Å². The predicted octanol–water partition coefficient (Wildman–Crippen LogP) is 6.83. The molecule has 4 aromatic heterocycles. The van der Waals surface area contributed by atoms with Gasteiger partial charge >= 0.3 is 0 Å². The van der Waals surface area contributed by atoms with Crippen LogP contribution in [-0.2, 0) is 9.47 Å². The lowest BCUT2D eigenvalue weighted by molar-refractivity contribution is 0.0217. The summed E-state index contributed by atoms with van der Waals surface area (Å²) in [7, 11) is 0. The van der Waals surface area contributed by atoms with Gasteiger partial charge in [-0.05, 0) is 49.7 Å². The molecule has 0 saturated heterocycles. The Bertz CT molecular complexity index is 1790. The molecule has 4 unspecified atom stereocenters. The number of aromatic nitrogens is 8. The van der Waals surface area contributed by atoms with Crippen molar-refractivity contribution in [3.8, 4) is 0 Å². The summed E-state index contributed by atoms with van der Waals surface area (Å²) < 4.78 is 40.0. The van der Waals surface area contributed by atoms with Crippen molar-refractivity contribution >= 4 is 33.7 Å². The van der Waals surface area contributed by atoms with Crippen LogP contribution in [0.15, 0.2) is 85.7 Å². The van der Waals surface area contributed by atoms with Crippen LogP contribution in [0.25, 0.3) is 22.1 Å². The summed E-state index contributed by atoms with van der Waals surface area (Å²) in [4.78, 5) is 16.9. The highest BCUT2D eigenvalue weighted by Gasteiger charge is 2.28. The molecule has 2 aliphatic carbocycles. The first kappa shape index (κ1) is 33.4. The third kappa shape index (κ3) is 8.37. The van der Waals surface area contributed by atoms with Gasteiger partial charge in [0.05, 0.1) is 48.6 Å². The molecule has 12 nitrogen and oxygen atoms in total. The second-order valence-electron chi connectivity index (χ2n) is 12.7. The van der Waals surface area contributed by atoms with E-state index in [1.54, 1.807) is 36.7 Å². The Kier molecular flexibility index (Phi) is 10.8. The predicted molar refractivity (Wildman–Crippen MR) is 186 cm³/mol. The van der Waals surface area contributed by atoms with Crippen molar-refractivity contribution in [1.29, 1.82) is 0 Å². The molecular formula is C36H40F2N10O2. The maximum Gasteiger partial charge on any atom is 0.160 e. The van der Waals surface area contributed by atoms with Gasteiger partial charge in [-0.25, -0.2) is 28.7 Å². The van der Waals surface area contributed by atoms with E-state index in [0.29, 0.717) is 22.4 Å². The number of anilines is 2. The number of benzene rings is 2. The van der Waals surface area contributed by atoms with Crippen LogP contribution in [0.3, 0.4) is 0 Å². The first-order valence-corrected chi connectivity index (χ1v) is 17.0. The minimum Gasteiger partial charge on any atom is -0.375 e. The van der Waals surface area contributed by atoms with E-state index in [2.05, 4.69) is 51.0 Å². The third-order valence-electron chi connectivity index (χ3n) is 9.23. The van der Waals surface area contributed by atoms with Crippen LogP contribution in [0.5, 0.6) is 0 Å². The first-order valence-electron chi connectivity index (χ1n) is 17.0. The molecule has 4 heterocycles. The van der Waals surface area contributed by atoms with Crippen molar-refractivity contribution in [1.82, 2.24) is 40.3 Å². The number of H-pyrrole nitrogens is 2. The Morgan fingerprint density at radius 2 is 1.06 bits per heavy atom. The molecule has 14 heteroatoms. The fraction of sp³-hybridized carbons (Fsp3) is 0.389. The van der Waals surface area contributed by atoms with Gasteiger partial charge in [0.25, 0.3) is 0 Å². The highest BCUT2D eigenvalue weighted by atomic mass is 19.1. The molecule has 8 rings (SSSR count). The maximum absolute atomic E-state index is 14.2. The molecule has 2 aromatic carbocycles. The van der Waals surface area contributed by atoms with E-state index >= 15 is 0 Å². The molecule has 50 heavy (non-hydrogen) atoms. The standard InChI is InChI=1S/2C18H20FN5O/c2*19-16(12-4-2-1-3-5-12)10-25-14-7-6-13(8-14)23-17-15-9-22-24-18(15)21-11-20-17/h2*1-5,9,11,13-14,16H,6-8,10H2,(H2,20,21,22,23,24)/t2*13-,14?,16?/m10/s1. The van der Waals surface area contributed by atoms with Crippen molar-refractivity contribution < 1.29 is 18.3 Å². The lowest BCUT2D eigenvalue weighted by Gasteiger charge is -2.16. The lowest BCUT2D eigenvalue weighted by atomic mass is 10.1. The number of nitrogens with zero attached hydrogens (tertiary/aromatic N) is 6. The van der Waals surface area contributed by atoms with Gasteiger partial charge < -0.3 is 20.1 Å². The van der Waals surface area contributed by atoms with Crippen molar-refractivity contribution in [2.24, 2.45) is 0 Å². The van der Waals surface area contributed by atoms with Crippen LogP contribution in [0.1, 0.15) is 62.0 Å². The first-order chi connectivity index (χ1) is 24.6. The molecule has 6 aromatic rings. The topological polar surface area (TPSA) is 151 Å². The molecule has 0 radical (unpaired) electrons. The van der Waals surface area contributed by atoms with E-state index in [-0.39, 0.29) is 37.5 Å². The molecule has 0 amide bonds. The van der Waals surface area contributed by atoms with Gasteiger partial charge in [-0.1, -0.05) is 60.7 Å². The van der Waals surface area contributed by atoms with Gasteiger partial charge in [0, 0.05) is 12.1 Å². The molecule has 0 bridgehead atoms. The molecule has 260 valence electrons. The number of rotatable bonds is 12. The second-order valence-corrected chi connectivity index (χ2v) is 12.7. The maximum atomic E-state index is 14.2. The van der Waals surface area contributed by atoms with Crippen LogP contribution in [0.2, 0.25) is 0 Å². The summed E-state index contributed by atoms with van der Waals surface area (Å²) in [5.74, 6) is 1.55. The fourth-order valence-corrected chi connectivity index (χ4v) is 6.55. The number of ether oxygens (including phenoxy) is 2. The lowest BCUT2D eigenvalue weighted by Crippen LogP contribution is -2.19. The number of hydrogen-bond acceptors (Lipinski definition) is 10. The minimum atomic E-state index is -1.08. The zero-order chi connectivity index (χ0) is 34.1. The highest BCUT2D eigenvalue weighted by molar-refractivity contribution is 5.86. The molecule has 2 saturated carbocycles. The third-order valence-corrected chi connectivity index (χ3v) is 9.23. The van der Waals surface area contributed by atoms with Gasteiger partial charge in [0.1, 0.15) is 36.6 Å². The monoisotopic (exact) mass is 682 g/mol. The van der Waals surface area contributed by atoms with Crippen molar-refractivity contribution in [2.45, 2.75) is 75.2 Å². The summed E-state index contributed by atoms with van der Waals surface area (Å²) >= 11 is 0. The van der Waals surface area contributed by atoms with Gasteiger partial charge in [0.2, 0.25) is 0 Å². The summed E-state index contributed by atoms with van der Waals surface area (Å²) in [6.45, 7) is 0.196. The number of hydrogen-bond donors (Lipinski definition) is 4. The van der Waals surface area contributed by atoms with Gasteiger partial charge in [-0.3, -0.25) is 10.2 Å². The van der Waals surface area contributed by atoms with Crippen molar-refractivity contribution in [2.75, 3.05) is 23.8 Å². The zero-order valence-corrected chi connectivity index (χ0v) is 27.5. The Morgan fingerprint density at radius 3 is 1.50 bits per heavy atom. The average Bonchev–Trinajstić information content (AvgIpc) is 3.99. The summed E-state index contributed by atoms with van der Waals surface area (Å²) in [6.07, 6.45) is 9.88. The quantitative estimate of drug-likeness (QED) is 0.108. The summed E-state index contributed by atoms with van der Waals surface area (Å²) in [5, 5.41) is 22.3. The number of nitrogens with one attached hydrogen (secondary N) is 4. The van der Waals surface area contributed by atoms with Gasteiger partial charge in [-0.2, -0.15) is 10.2 Å². The summed E-state index contributed by atoms with van der Waals surface area (Å²) in [6, 6.07) is 18.8. The normalized spacial score (nSPS) is 21.5. The number of aromatic amines is 2. The number of halogens is 2. The SMILES string of the molecule is FC(COC1CC[C@@H](Nc2ncnc3[nH]ncc23)C1)c1ccccc1.FC(COC1CC[C@H](Nc2ncnc3[nH]ncc23)C1)c1ccccc1. The molecular weight excluding hydrogens is 642 g/mol. The number of alkyl halides is 2. The molecule has 0 spiro atoms. The van der Waals surface area contributed by atoms with E-state index in [4.69, 9.17) is 9.47 Å².